The van der Waals surface area contributed by atoms with Gasteiger partial charge >= 0.3 is 5.69 Å². The number of nitrogens with zero attached hydrogens (tertiary/aromatic N) is 3. The molecule has 3 aromatic rings. The van der Waals surface area contributed by atoms with Crippen molar-refractivity contribution >= 4 is 38.9 Å². The molecule has 2 heterocycles. The number of hydrogen-bond acceptors (Lipinski definition) is 8. The van der Waals surface area contributed by atoms with Crippen molar-refractivity contribution in [2.45, 2.75) is 29.7 Å². The second-order valence-corrected chi connectivity index (χ2v) is 9.09. The van der Waals surface area contributed by atoms with Gasteiger partial charge in [0.1, 0.15) is 4.90 Å². The first-order valence-corrected chi connectivity index (χ1v) is 10.5. The number of anilines is 1. The lowest BCUT2D eigenvalue weighted by atomic mass is 10.1. The van der Waals surface area contributed by atoms with Gasteiger partial charge in [0, 0.05) is 5.56 Å². The minimum atomic E-state index is -4.33. The molecule has 158 valence electrons. The van der Waals surface area contributed by atoms with Gasteiger partial charge in [0.25, 0.3) is 11.1 Å². The Balaban J connectivity index is 2.21. The smallest absolute Gasteiger partial charge is 0.349 e. The van der Waals surface area contributed by atoms with Gasteiger partial charge in [0.05, 0.1) is 15.7 Å². The molecule has 0 atom stereocenters. The maximum absolute atomic E-state index is 13.1. The number of hydrogen-bond donors (Lipinski definition) is 3. The van der Waals surface area contributed by atoms with Gasteiger partial charge in [0.15, 0.2) is 5.03 Å². The Kier molecular flexibility index (Phi) is 5.58. The molecule has 0 fully saturated rings. The van der Waals surface area contributed by atoms with Crippen LogP contribution in [-0.2, 0) is 9.84 Å². The molecule has 1 aromatic carbocycles. The Morgan fingerprint density at radius 1 is 1.07 bits per heavy atom. The molecule has 0 aliphatic heterocycles. The summed E-state index contributed by atoms with van der Waals surface area (Å²) in [6, 6.07) is 3.37. The van der Waals surface area contributed by atoms with Crippen LogP contribution in [0.25, 0.3) is 5.69 Å². The van der Waals surface area contributed by atoms with Crippen LogP contribution in [0.3, 0.4) is 0 Å². The average molecular weight is 473 g/mol. The van der Waals surface area contributed by atoms with E-state index in [1.165, 1.54) is 0 Å². The Bertz CT molecular complexity index is 1420. The SMILES string of the molecule is CC(C)c1cc(S(=O)(=O)c2c(Cl)cc(-n3nc(N)c(=O)[nH]c3=O)cc2Cl)n[nH]c1=O. The Morgan fingerprint density at radius 3 is 2.23 bits per heavy atom. The van der Waals surface area contributed by atoms with Gasteiger partial charge in [-0.05, 0) is 24.1 Å². The molecule has 11 nitrogen and oxygen atoms in total. The Morgan fingerprint density at radius 2 is 1.67 bits per heavy atom. The molecule has 0 unspecified atom stereocenters. The number of aromatic amines is 2. The van der Waals surface area contributed by atoms with Gasteiger partial charge in [-0.1, -0.05) is 37.0 Å². The van der Waals surface area contributed by atoms with E-state index >= 15 is 0 Å². The van der Waals surface area contributed by atoms with Crippen molar-refractivity contribution in [3.05, 3.63) is 65.0 Å². The number of nitrogens with two attached hydrogens (primary N) is 1. The van der Waals surface area contributed by atoms with E-state index < -0.39 is 42.4 Å². The lowest BCUT2D eigenvalue weighted by Crippen LogP contribution is -2.33. The number of halogens is 2. The molecular formula is C16H14Cl2N6O5S. The minimum absolute atomic E-state index is 0.0332. The summed E-state index contributed by atoms with van der Waals surface area (Å²) in [6.07, 6.45) is 0. The third kappa shape index (κ3) is 3.76. The average Bonchev–Trinajstić information content (AvgIpc) is 2.63. The van der Waals surface area contributed by atoms with Crippen molar-refractivity contribution in [3.8, 4) is 5.69 Å². The number of aromatic nitrogens is 5. The first-order valence-electron chi connectivity index (χ1n) is 8.26. The van der Waals surface area contributed by atoms with E-state index in [9.17, 15) is 22.8 Å². The van der Waals surface area contributed by atoms with Crippen molar-refractivity contribution in [3.63, 3.8) is 0 Å². The highest BCUT2D eigenvalue weighted by Gasteiger charge is 2.28. The molecule has 0 aliphatic carbocycles. The standard InChI is InChI=1S/C16H14Cl2N6O5S/c1-6(2)8-5-11(21-22-14(8)25)30(28,29)12-9(17)3-7(4-10(12)18)24-16(27)20-15(26)13(19)23-24/h3-6H,1-2H3,(H2,19,23)(H,22,25)(H,20,26,27). The molecule has 14 heteroatoms. The molecule has 0 aliphatic rings. The van der Waals surface area contributed by atoms with Gasteiger partial charge in [0.2, 0.25) is 15.7 Å². The summed E-state index contributed by atoms with van der Waals surface area (Å²) in [5, 5.41) is 8.25. The molecule has 0 bridgehead atoms. The maximum atomic E-state index is 13.1. The summed E-state index contributed by atoms with van der Waals surface area (Å²) < 4.78 is 26.8. The van der Waals surface area contributed by atoms with E-state index in [4.69, 9.17) is 28.9 Å². The summed E-state index contributed by atoms with van der Waals surface area (Å²) in [5.41, 5.74) is 3.27. The predicted molar refractivity (Wildman–Crippen MR) is 109 cm³/mol. The molecule has 2 aromatic heterocycles. The topological polar surface area (TPSA) is 174 Å². The maximum Gasteiger partial charge on any atom is 0.349 e. The zero-order valence-electron chi connectivity index (χ0n) is 15.4. The fraction of sp³-hybridized carbons (Fsp3) is 0.188. The van der Waals surface area contributed by atoms with Gasteiger partial charge in [-0.3, -0.25) is 14.6 Å². The number of nitrogen functional groups attached to an aromatic ring is 1. The van der Waals surface area contributed by atoms with E-state index in [1.54, 1.807) is 13.8 Å². The van der Waals surface area contributed by atoms with Crippen molar-refractivity contribution < 1.29 is 8.42 Å². The summed E-state index contributed by atoms with van der Waals surface area (Å²) in [6.45, 7) is 3.44. The number of H-pyrrole nitrogens is 2. The first-order chi connectivity index (χ1) is 13.9. The molecule has 0 amide bonds. The molecule has 4 N–H and O–H groups in total. The molecule has 0 spiro atoms. The van der Waals surface area contributed by atoms with E-state index in [-0.39, 0.29) is 27.2 Å². The van der Waals surface area contributed by atoms with E-state index in [0.29, 0.717) is 4.68 Å². The number of nitrogens with one attached hydrogen (secondary N) is 2. The van der Waals surface area contributed by atoms with E-state index in [1.807, 2.05) is 4.98 Å². The highest BCUT2D eigenvalue weighted by molar-refractivity contribution is 7.91. The molecule has 30 heavy (non-hydrogen) atoms. The van der Waals surface area contributed by atoms with Crippen molar-refractivity contribution in [2.75, 3.05) is 5.73 Å². The van der Waals surface area contributed by atoms with Crippen LogP contribution in [0.5, 0.6) is 0 Å². The van der Waals surface area contributed by atoms with Crippen LogP contribution in [0.15, 0.2) is 42.5 Å². The summed E-state index contributed by atoms with van der Waals surface area (Å²) in [7, 11) is -4.33. The van der Waals surface area contributed by atoms with Gasteiger partial charge < -0.3 is 5.73 Å². The van der Waals surface area contributed by atoms with Crippen LogP contribution < -0.4 is 22.5 Å². The largest absolute Gasteiger partial charge is 0.378 e. The summed E-state index contributed by atoms with van der Waals surface area (Å²) in [4.78, 5) is 36.7. The first kappa shape index (κ1) is 21.7. The van der Waals surface area contributed by atoms with Crippen LogP contribution in [0.2, 0.25) is 10.0 Å². The highest BCUT2D eigenvalue weighted by atomic mass is 35.5. The molecular weight excluding hydrogens is 459 g/mol. The van der Waals surface area contributed by atoms with Crippen molar-refractivity contribution in [1.29, 1.82) is 0 Å². The van der Waals surface area contributed by atoms with Crippen LogP contribution >= 0.6 is 23.2 Å². The fourth-order valence-electron chi connectivity index (χ4n) is 2.59. The van der Waals surface area contributed by atoms with Gasteiger partial charge in [-0.2, -0.15) is 9.78 Å². The number of sulfone groups is 1. The third-order valence-corrected chi connectivity index (χ3v) is 6.61. The highest BCUT2D eigenvalue weighted by Crippen LogP contribution is 2.35. The van der Waals surface area contributed by atoms with Crippen LogP contribution in [0.4, 0.5) is 5.82 Å². The molecule has 0 saturated carbocycles. The monoisotopic (exact) mass is 472 g/mol. The Hall–Kier alpha value is -2.96. The normalized spacial score (nSPS) is 11.8. The zero-order valence-corrected chi connectivity index (χ0v) is 17.8. The molecule has 0 saturated heterocycles. The minimum Gasteiger partial charge on any atom is -0.378 e. The van der Waals surface area contributed by atoms with Crippen molar-refractivity contribution in [2.24, 2.45) is 0 Å². The molecule has 0 radical (unpaired) electrons. The van der Waals surface area contributed by atoms with Crippen molar-refractivity contribution in [1.82, 2.24) is 25.0 Å². The molecule has 3 rings (SSSR count). The van der Waals surface area contributed by atoms with E-state index in [2.05, 4.69) is 15.3 Å². The fourth-order valence-corrected chi connectivity index (χ4v) is 4.96. The zero-order chi connectivity index (χ0) is 22.4. The second-order valence-electron chi connectivity index (χ2n) is 6.44. The second kappa shape index (κ2) is 7.70. The quantitative estimate of drug-likeness (QED) is 0.500. The van der Waals surface area contributed by atoms with Gasteiger partial charge in [-0.25, -0.2) is 18.3 Å². The summed E-state index contributed by atoms with van der Waals surface area (Å²) in [5.74, 6) is -0.750. The Labute approximate surface area is 178 Å². The lowest BCUT2D eigenvalue weighted by molar-refractivity contribution is 0.588. The van der Waals surface area contributed by atoms with Gasteiger partial charge in [-0.15, -0.1) is 5.10 Å². The summed E-state index contributed by atoms with van der Waals surface area (Å²) >= 11 is 12.3. The van der Waals surface area contributed by atoms with Crippen LogP contribution in [0.1, 0.15) is 25.3 Å². The third-order valence-electron chi connectivity index (χ3n) is 4.06. The van der Waals surface area contributed by atoms with E-state index in [0.717, 1.165) is 18.2 Å². The predicted octanol–water partition coefficient (Wildman–Crippen LogP) is 0.849. The number of benzene rings is 1. The van der Waals surface area contributed by atoms with Crippen LogP contribution in [-0.4, -0.2) is 33.4 Å². The number of rotatable bonds is 4. The lowest BCUT2D eigenvalue weighted by Gasteiger charge is -2.12. The van der Waals surface area contributed by atoms with Crippen LogP contribution in [0, 0.1) is 0 Å².